The molecule has 0 aromatic heterocycles. The summed E-state index contributed by atoms with van der Waals surface area (Å²) in [5.74, 6) is -0.943. The van der Waals surface area contributed by atoms with E-state index in [1.807, 2.05) is 13.8 Å². The molecule has 116 valence electrons. The third-order valence-corrected chi connectivity index (χ3v) is 3.09. The first kappa shape index (κ1) is 16.7. The van der Waals surface area contributed by atoms with Crippen molar-refractivity contribution in [2.24, 2.45) is 0 Å². The molecule has 1 fully saturated rings. The van der Waals surface area contributed by atoms with Gasteiger partial charge in [0, 0.05) is 20.1 Å². The van der Waals surface area contributed by atoms with Gasteiger partial charge < -0.3 is 24.8 Å². The van der Waals surface area contributed by atoms with Crippen LogP contribution in [0.15, 0.2) is 0 Å². The summed E-state index contributed by atoms with van der Waals surface area (Å²) in [6.45, 7) is 5.21. The first-order chi connectivity index (χ1) is 9.40. The van der Waals surface area contributed by atoms with Gasteiger partial charge in [0.1, 0.15) is 0 Å². The number of amides is 2. The number of carboxylic acids is 1. The first-order valence-electron chi connectivity index (χ1n) is 6.89. The van der Waals surface area contributed by atoms with Crippen molar-refractivity contribution in [1.82, 2.24) is 10.2 Å². The van der Waals surface area contributed by atoms with E-state index in [4.69, 9.17) is 14.6 Å². The smallest absolute Gasteiger partial charge is 0.332 e. The average Bonchev–Trinajstić information content (AvgIpc) is 2.84. The molecule has 1 rings (SSSR count). The fraction of sp³-hybridized carbons (Fsp3) is 0.846. The normalized spacial score (nSPS) is 22.0. The summed E-state index contributed by atoms with van der Waals surface area (Å²) >= 11 is 0. The van der Waals surface area contributed by atoms with Crippen LogP contribution in [0.4, 0.5) is 4.79 Å². The molecule has 0 radical (unpaired) electrons. The topological polar surface area (TPSA) is 88.1 Å². The molecule has 0 aromatic carbocycles. The Balaban J connectivity index is 2.18. The molecule has 7 heteroatoms. The number of carbonyl (C=O) groups excluding carboxylic acids is 1. The molecule has 1 heterocycles. The van der Waals surface area contributed by atoms with Crippen molar-refractivity contribution in [3.05, 3.63) is 0 Å². The quantitative estimate of drug-likeness (QED) is 0.719. The minimum atomic E-state index is -0.943. The van der Waals surface area contributed by atoms with Crippen LogP contribution in [0.25, 0.3) is 0 Å². The highest BCUT2D eigenvalue weighted by Crippen LogP contribution is 2.19. The lowest BCUT2D eigenvalue weighted by Gasteiger charge is -2.20. The number of ether oxygens (including phenoxy) is 2. The fourth-order valence-electron chi connectivity index (χ4n) is 1.90. The second kappa shape index (κ2) is 8.06. The largest absolute Gasteiger partial charge is 0.479 e. The van der Waals surface area contributed by atoms with E-state index >= 15 is 0 Å². The molecule has 2 atom stereocenters. The van der Waals surface area contributed by atoms with Crippen molar-refractivity contribution >= 4 is 12.0 Å². The van der Waals surface area contributed by atoms with E-state index in [-0.39, 0.29) is 18.2 Å². The number of likely N-dealkylation sites (N-methyl/N-ethyl adjacent to an activating group) is 1. The van der Waals surface area contributed by atoms with Crippen LogP contribution in [0.3, 0.4) is 0 Å². The fourth-order valence-corrected chi connectivity index (χ4v) is 1.90. The van der Waals surface area contributed by atoms with Crippen LogP contribution in [0.5, 0.6) is 0 Å². The van der Waals surface area contributed by atoms with Gasteiger partial charge >= 0.3 is 12.0 Å². The summed E-state index contributed by atoms with van der Waals surface area (Å²) in [5.41, 5.74) is 0. The highest BCUT2D eigenvalue weighted by molar-refractivity contribution is 5.74. The van der Waals surface area contributed by atoms with Crippen LogP contribution < -0.4 is 5.32 Å². The molecule has 0 aromatic rings. The number of hydrogen-bond donors (Lipinski definition) is 2. The second-order valence-corrected chi connectivity index (χ2v) is 5.19. The number of aliphatic carboxylic acids is 1. The van der Waals surface area contributed by atoms with Crippen LogP contribution in [0.1, 0.15) is 26.7 Å². The molecule has 2 unspecified atom stereocenters. The maximum absolute atomic E-state index is 11.8. The Hall–Kier alpha value is -1.34. The van der Waals surface area contributed by atoms with Crippen molar-refractivity contribution in [2.45, 2.75) is 45.0 Å². The zero-order valence-corrected chi connectivity index (χ0v) is 12.3. The molecule has 0 saturated carbocycles. The molecular formula is C13H24N2O5. The van der Waals surface area contributed by atoms with Crippen molar-refractivity contribution < 1.29 is 24.2 Å². The van der Waals surface area contributed by atoms with E-state index < -0.39 is 12.1 Å². The monoisotopic (exact) mass is 288 g/mol. The minimum Gasteiger partial charge on any atom is -0.479 e. The molecule has 1 aliphatic rings. The number of nitrogens with one attached hydrogen (secondary N) is 1. The number of urea groups is 1. The standard InChI is InChI=1S/C13H24N2O5/c1-9(2)19-7-6-15(3)13(18)14-8-10-4-5-11(20-10)12(16)17/h9-11H,4-8H2,1-3H3,(H,14,18)(H,16,17). The van der Waals surface area contributed by atoms with Crippen molar-refractivity contribution in [3.63, 3.8) is 0 Å². The van der Waals surface area contributed by atoms with Gasteiger partial charge in [-0.15, -0.1) is 0 Å². The molecular weight excluding hydrogens is 264 g/mol. The van der Waals surface area contributed by atoms with E-state index in [2.05, 4.69) is 5.32 Å². The Bertz CT molecular complexity index is 335. The minimum absolute atomic E-state index is 0.145. The van der Waals surface area contributed by atoms with E-state index in [0.29, 0.717) is 32.5 Å². The SMILES string of the molecule is CC(C)OCCN(C)C(=O)NCC1CCC(C(=O)O)O1. The predicted octanol–water partition coefficient (Wildman–Crippen LogP) is 0.685. The Morgan fingerprint density at radius 2 is 2.15 bits per heavy atom. The van der Waals surface area contributed by atoms with E-state index in [1.165, 1.54) is 4.90 Å². The van der Waals surface area contributed by atoms with E-state index in [1.54, 1.807) is 7.05 Å². The maximum Gasteiger partial charge on any atom is 0.332 e. The Kier molecular flexibility index (Phi) is 6.74. The van der Waals surface area contributed by atoms with Gasteiger partial charge in [-0.05, 0) is 26.7 Å². The van der Waals surface area contributed by atoms with Crippen molar-refractivity contribution in [3.8, 4) is 0 Å². The van der Waals surface area contributed by atoms with Crippen LogP contribution in [0, 0.1) is 0 Å². The van der Waals surface area contributed by atoms with Gasteiger partial charge in [-0.2, -0.15) is 0 Å². The Morgan fingerprint density at radius 3 is 2.70 bits per heavy atom. The lowest BCUT2D eigenvalue weighted by Crippen LogP contribution is -2.42. The Morgan fingerprint density at radius 1 is 1.45 bits per heavy atom. The van der Waals surface area contributed by atoms with Gasteiger partial charge in [-0.25, -0.2) is 9.59 Å². The third-order valence-electron chi connectivity index (χ3n) is 3.09. The summed E-state index contributed by atoms with van der Waals surface area (Å²) in [7, 11) is 1.69. The molecule has 1 saturated heterocycles. The summed E-state index contributed by atoms with van der Waals surface area (Å²) < 4.78 is 10.7. The summed E-state index contributed by atoms with van der Waals surface area (Å²) in [5, 5.41) is 11.5. The van der Waals surface area contributed by atoms with Gasteiger partial charge in [-0.3, -0.25) is 0 Å². The molecule has 0 bridgehead atoms. The van der Waals surface area contributed by atoms with Crippen molar-refractivity contribution in [1.29, 1.82) is 0 Å². The zero-order chi connectivity index (χ0) is 15.1. The summed E-state index contributed by atoms with van der Waals surface area (Å²) in [4.78, 5) is 24.0. The molecule has 7 nitrogen and oxygen atoms in total. The van der Waals surface area contributed by atoms with Gasteiger partial charge in [0.25, 0.3) is 0 Å². The molecule has 20 heavy (non-hydrogen) atoms. The summed E-state index contributed by atoms with van der Waals surface area (Å²) in [6, 6.07) is -0.209. The van der Waals surface area contributed by atoms with Crippen LogP contribution >= 0.6 is 0 Å². The second-order valence-electron chi connectivity index (χ2n) is 5.19. The number of carboxylic acid groups (broad SMARTS) is 1. The molecule has 0 aliphatic carbocycles. The van der Waals surface area contributed by atoms with Crippen LogP contribution in [-0.2, 0) is 14.3 Å². The maximum atomic E-state index is 11.8. The average molecular weight is 288 g/mol. The highest BCUT2D eigenvalue weighted by Gasteiger charge is 2.30. The van der Waals surface area contributed by atoms with E-state index in [9.17, 15) is 9.59 Å². The zero-order valence-electron chi connectivity index (χ0n) is 12.3. The van der Waals surface area contributed by atoms with Crippen LogP contribution in [0.2, 0.25) is 0 Å². The lowest BCUT2D eigenvalue weighted by molar-refractivity contribution is -0.149. The number of carbonyl (C=O) groups is 2. The lowest BCUT2D eigenvalue weighted by atomic mass is 10.2. The molecule has 2 amide bonds. The number of nitrogens with zero attached hydrogens (tertiary/aromatic N) is 1. The Labute approximate surface area is 119 Å². The first-order valence-corrected chi connectivity index (χ1v) is 6.89. The molecule has 1 aliphatic heterocycles. The summed E-state index contributed by atoms with van der Waals surface area (Å²) in [6.07, 6.45) is 0.325. The van der Waals surface area contributed by atoms with Gasteiger partial charge in [0.2, 0.25) is 0 Å². The van der Waals surface area contributed by atoms with Gasteiger partial charge in [0.15, 0.2) is 6.10 Å². The number of hydrogen-bond acceptors (Lipinski definition) is 4. The predicted molar refractivity (Wildman–Crippen MR) is 72.6 cm³/mol. The highest BCUT2D eigenvalue weighted by atomic mass is 16.5. The van der Waals surface area contributed by atoms with Crippen LogP contribution in [-0.4, -0.2) is 67.1 Å². The van der Waals surface area contributed by atoms with Crippen molar-refractivity contribution in [2.75, 3.05) is 26.7 Å². The third kappa shape index (κ3) is 5.75. The van der Waals surface area contributed by atoms with Gasteiger partial charge in [0.05, 0.1) is 18.8 Å². The molecule has 0 spiro atoms. The van der Waals surface area contributed by atoms with E-state index in [0.717, 1.165) is 0 Å². The number of rotatable bonds is 7. The van der Waals surface area contributed by atoms with Gasteiger partial charge in [-0.1, -0.05) is 0 Å². The molecule has 2 N–H and O–H groups in total.